The van der Waals surface area contributed by atoms with Crippen molar-refractivity contribution < 1.29 is 19.1 Å². The molecule has 0 radical (unpaired) electrons. The SMILES string of the molecule is COc1ccc(OCCNC(=O)CNC(=O)NC2CC2)cc1. The maximum absolute atomic E-state index is 11.5. The molecule has 1 aromatic rings. The first-order valence-electron chi connectivity index (χ1n) is 7.25. The molecule has 22 heavy (non-hydrogen) atoms. The minimum Gasteiger partial charge on any atom is -0.497 e. The number of methoxy groups -OCH3 is 1. The summed E-state index contributed by atoms with van der Waals surface area (Å²) >= 11 is 0. The van der Waals surface area contributed by atoms with E-state index in [1.165, 1.54) is 0 Å². The molecule has 0 aromatic heterocycles. The Bertz CT molecular complexity index is 500. The molecule has 0 saturated heterocycles. The highest BCUT2D eigenvalue weighted by atomic mass is 16.5. The second kappa shape index (κ2) is 8.11. The summed E-state index contributed by atoms with van der Waals surface area (Å²) < 4.78 is 10.5. The lowest BCUT2D eigenvalue weighted by Gasteiger charge is -2.09. The summed E-state index contributed by atoms with van der Waals surface area (Å²) in [7, 11) is 1.60. The van der Waals surface area contributed by atoms with E-state index in [-0.39, 0.29) is 24.5 Å². The normalized spacial score (nSPS) is 13.1. The minimum atomic E-state index is -0.299. The quantitative estimate of drug-likeness (QED) is 0.615. The number of ether oxygens (including phenoxy) is 2. The molecule has 0 bridgehead atoms. The Morgan fingerprint density at radius 1 is 1.14 bits per heavy atom. The molecule has 0 aliphatic heterocycles. The molecule has 0 spiro atoms. The first-order chi connectivity index (χ1) is 10.7. The van der Waals surface area contributed by atoms with Gasteiger partial charge in [0.1, 0.15) is 18.1 Å². The van der Waals surface area contributed by atoms with Gasteiger partial charge in [0.2, 0.25) is 5.91 Å². The Balaban J connectivity index is 1.53. The van der Waals surface area contributed by atoms with Gasteiger partial charge in [-0.1, -0.05) is 0 Å². The minimum absolute atomic E-state index is 0.0406. The van der Waals surface area contributed by atoms with Crippen LogP contribution in [0.4, 0.5) is 4.79 Å². The molecule has 1 saturated carbocycles. The van der Waals surface area contributed by atoms with Crippen molar-refractivity contribution in [3.05, 3.63) is 24.3 Å². The number of rotatable bonds is 8. The number of hydrogen-bond donors (Lipinski definition) is 3. The fourth-order valence-electron chi connectivity index (χ4n) is 1.72. The number of benzene rings is 1. The second-order valence-electron chi connectivity index (χ2n) is 4.98. The van der Waals surface area contributed by atoms with E-state index in [1.807, 2.05) is 0 Å². The summed E-state index contributed by atoms with van der Waals surface area (Å²) in [6, 6.07) is 7.18. The standard InChI is InChI=1S/C15H21N3O4/c1-21-12-4-6-13(7-5-12)22-9-8-16-14(19)10-17-15(20)18-11-2-3-11/h4-7,11H,2-3,8-10H2,1H3,(H,16,19)(H2,17,18,20). The second-order valence-corrected chi connectivity index (χ2v) is 4.98. The molecule has 1 aliphatic carbocycles. The van der Waals surface area contributed by atoms with E-state index in [4.69, 9.17) is 9.47 Å². The van der Waals surface area contributed by atoms with Crippen LogP contribution in [-0.4, -0.2) is 44.8 Å². The Morgan fingerprint density at radius 2 is 1.82 bits per heavy atom. The van der Waals surface area contributed by atoms with Crippen LogP contribution in [0.2, 0.25) is 0 Å². The zero-order valence-electron chi connectivity index (χ0n) is 12.6. The Kier molecular flexibility index (Phi) is 5.88. The van der Waals surface area contributed by atoms with Crippen LogP contribution in [0.3, 0.4) is 0 Å². The Morgan fingerprint density at radius 3 is 2.45 bits per heavy atom. The predicted molar refractivity (Wildman–Crippen MR) is 81.1 cm³/mol. The van der Waals surface area contributed by atoms with E-state index in [9.17, 15) is 9.59 Å². The van der Waals surface area contributed by atoms with Gasteiger partial charge in [0.15, 0.2) is 0 Å². The van der Waals surface area contributed by atoms with E-state index in [0.29, 0.717) is 18.9 Å². The first kappa shape index (κ1) is 15.9. The van der Waals surface area contributed by atoms with E-state index < -0.39 is 0 Å². The number of nitrogens with one attached hydrogen (secondary N) is 3. The van der Waals surface area contributed by atoms with Gasteiger partial charge in [0.05, 0.1) is 20.2 Å². The van der Waals surface area contributed by atoms with Crippen LogP contribution in [0.15, 0.2) is 24.3 Å². The van der Waals surface area contributed by atoms with E-state index in [2.05, 4.69) is 16.0 Å². The summed E-state index contributed by atoms with van der Waals surface area (Å²) in [5, 5.41) is 7.92. The molecule has 0 unspecified atom stereocenters. The van der Waals surface area contributed by atoms with Crippen molar-refractivity contribution in [2.45, 2.75) is 18.9 Å². The summed E-state index contributed by atoms with van der Waals surface area (Å²) in [5.41, 5.74) is 0. The van der Waals surface area contributed by atoms with Gasteiger partial charge < -0.3 is 25.4 Å². The van der Waals surface area contributed by atoms with Crippen LogP contribution in [-0.2, 0) is 4.79 Å². The highest BCUT2D eigenvalue weighted by Gasteiger charge is 2.23. The molecule has 1 aliphatic rings. The van der Waals surface area contributed by atoms with Crippen molar-refractivity contribution in [3.63, 3.8) is 0 Å². The third-order valence-corrected chi connectivity index (χ3v) is 3.07. The van der Waals surface area contributed by atoms with E-state index in [0.717, 1.165) is 18.6 Å². The largest absolute Gasteiger partial charge is 0.497 e. The van der Waals surface area contributed by atoms with Gasteiger partial charge in [0, 0.05) is 6.04 Å². The summed E-state index contributed by atoms with van der Waals surface area (Å²) in [6.45, 7) is 0.685. The summed E-state index contributed by atoms with van der Waals surface area (Å²) in [4.78, 5) is 22.8. The zero-order valence-corrected chi connectivity index (χ0v) is 12.6. The van der Waals surface area contributed by atoms with Gasteiger partial charge in [-0.15, -0.1) is 0 Å². The van der Waals surface area contributed by atoms with Crippen molar-refractivity contribution in [2.24, 2.45) is 0 Å². The molecule has 0 heterocycles. The Hall–Kier alpha value is -2.44. The highest BCUT2D eigenvalue weighted by Crippen LogP contribution is 2.18. The molecule has 1 aromatic carbocycles. The van der Waals surface area contributed by atoms with Crippen LogP contribution >= 0.6 is 0 Å². The third kappa shape index (κ3) is 5.90. The molecule has 7 nitrogen and oxygen atoms in total. The van der Waals surface area contributed by atoms with E-state index in [1.54, 1.807) is 31.4 Å². The van der Waals surface area contributed by atoms with Crippen LogP contribution in [0.1, 0.15) is 12.8 Å². The summed E-state index contributed by atoms with van der Waals surface area (Å²) in [6.07, 6.45) is 2.03. The number of urea groups is 1. The van der Waals surface area contributed by atoms with Gasteiger partial charge in [-0.2, -0.15) is 0 Å². The van der Waals surface area contributed by atoms with Crippen LogP contribution in [0, 0.1) is 0 Å². The van der Waals surface area contributed by atoms with Crippen LogP contribution in [0.25, 0.3) is 0 Å². The molecule has 7 heteroatoms. The number of carbonyl (C=O) groups is 2. The molecular formula is C15H21N3O4. The van der Waals surface area contributed by atoms with Gasteiger partial charge >= 0.3 is 6.03 Å². The molecule has 3 N–H and O–H groups in total. The molecule has 3 amide bonds. The van der Waals surface area contributed by atoms with Crippen molar-refractivity contribution in [1.29, 1.82) is 0 Å². The lowest BCUT2D eigenvalue weighted by atomic mass is 10.3. The smallest absolute Gasteiger partial charge is 0.315 e. The molecular weight excluding hydrogens is 286 g/mol. The first-order valence-corrected chi connectivity index (χ1v) is 7.25. The average molecular weight is 307 g/mol. The van der Waals surface area contributed by atoms with Crippen molar-refractivity contribution in [1.82, 2.24) is 16.0 Å². The molecule has 2 rings (SSSR count). The Labute approximate surface area is 129 Å². The predicted octanol–water partition coefficient (Wildman–Crippen LogP) is 0.652. The number of carbonyl (C=O) groups excluding carboxylic acids is 2. The highest BCUT2D eigenvalue weighted by molar-refractivity contribution is 5.84. The van der Waals surface area contributed by atoms with Crippen molar-refractivity contribution >= 4 is 11.9 Å². The maximum atomic E-state index is 11.5. The fourth-order valence-corrected chi connectivity index (χ4v) is 1.72. The lowest BCUT2D eigenvalue weighted by Crippen LogP contribution is -2.43. The van der Waals surface area contributed by atoms with Crippen LogP contribution < -0.4 is 25.4 Å². The van der Waals surface area contributed by atoms with Gasteiger partial charge in [0.25, 0.3) is 0 Å². The average Bonchev–Trinajstić information content (AvgIpc) is 3.34. The van der Waals surface area contributed by atoms with Crippen molar-refractivity contribution in [2.75, 3.05) is 26.8 Å². The summed E-state index contributed by atoms with van der Waals surface area (Å²) in [5.74, 6) is 1.22. The molecule has 0 atom stereocenters. The monoisotopic (exact) mass is 307 g/mol. The topological polar surface area (TPSA) is 88.7 Å². The molecule has 1 fully saturated rings. The van der Waals surface area contributed by atoms with E-state index >= 15 is 0 Å². The van der Waals surface area contributed by atoms with Gasteiger partial charge in [-0.25, -0.2) is 4.79 Å². The number of hydrogen-bond acceptors (Lipinski definition) is 4. The molecule has 120 valence electrons. The fraction of sp³-hybridized carbons (Fsp3) is 0.467. The lowest BCUT2D eigenvalue weighted by molar-refractivity contribution is -0.120. The van der Waals surface area contributed by atoms with Crippen LogP contribution in [0.5, 0.6) is 11.5 Å². The van der Waals surface area contributed by atoms with Gasteiger partial charge in [-0.05, 0) is 37.1 Å². The zero-order chi connectivity index (χ0) is 15.8. The third-order valence-electron chi connectivity index (χ3n) is 3.07. The van der Waals surface area contributed by atoms with Crippen molar-refractivity contribution in [3.8, 4) is 11.5 Å². The maximum Gasteiger partial charge on any atom is 0.315 e. The van der Waals surface area contributed by atoms with Gasteiger partial charge in [-0.3, -0.25) is 4.79 Å². The number of amides is 3.